The van der Waals surface area contributed by atoms with Crippen molar-refractivity contribution in [2.45, 2.75) is 37.3 Å². The molecular weight excluding hydrogens is 262 g/mol. The first kappa shape index (κ1) is 14.6. The lowest BCUT2D eigenvalue weighted by molar-refractivity contribution is -0.492. The minimum atomic E-state index is -0.679. The van der Waals surface area contributed by atoms with Crippen molar-refractivity contribution >= 4 is 5.97 Å². The van der Waals surface area contributed by atoms with Gasteiger partial charge in [-0.3, -0.25) is 20.0 Å². The van der Waals surface area contributed by atoms with Gasteiger partial charge < -0.3 is 19.3 Å². The molecular formula is C10H17NO8. The van der Waals surface area contributed by atoms with Crippen molar-refractivity contribution in [3.8, 4) is 0 Å². The van der Waals surface area contributed by atoms with E-state index in [4.69, 9.17) is 24.6 Å². The van der Waals surface area contributed by atoms with Gasteiger partial charge in [-0.25, -0.2) is 0 Å². The molecule has 0 aromatic heterocycles. The standard InChI is InChI=1S/C10H17NO8/c12-6-4-16-10-7(5-17-9(6)10)19-8(13)2-1-3-18-11(14)15/h6-7,9-10,12,14-15H,1-5H2/t6-,7-,9-,10-/m1/s1. The largest absolute Gasteiger partial charge is 0.457 e. The number of hydrogen-bond acceptors (Lipinski definition) is 9. The van der Waals surface area contributed by atoms with Gasteiger partial charge in [0.25, 0.3) is 0 Å². The normalized spacial score (nSPS) is 33.7. The van der Waals surface area contributed by atoms with E-state index in [-0.39, 0.29) is 32.7 Å². The zero-order valence-corrected chi connectivity index (χ0v) is 10.2. The minimum absolute atomic E-state index is 0.0233. The highest BCUT2D eigenvalue weighted by molar-refractivity contribution is 5.69. The zero-order valence-electron chi connectivity index (χ0n) is 10.2. The number of ether oxygens (including phenoxy) is 3. The first-order valence-corrected chi connectivity index (χ1v) is 5.99. The molecule has 0 aromatic rings. The second-order valence-electron chi connectivity index (χ2n) is 4.38. The molecule has 0 bridgehead atoms. The highest BCUT2D eigenvalue weighted by atomic mass is 17.1. The molecule has 19 heavy (non-hydrogen) atoms. The van der Waals surface area contributed by atoms with E-state index in [1.165, 1.54) is 0 Å². The van der Waals surface area contributed by atoms with E-state index in [9.17, 15) is 9.90 Å². The first-order valence-electron chi connectivity index (χ1n) is 5.99. The number of carbonyl (C=O) groups excluding carboxylic acids is 1. The molecule has 0 aliphatic carbocycles. The fourth-order valence-electron chi connectivity index (χ4n) is 2.14. The van der Waals surface area contributed by atoms with E-state index in [0.29, 0.717) is 0 Å². The lowest BCUT2D eigenvalue weighted by Gasteiger charge is -2.16. The monoisotopic (exact) mass is 279 g/mol. The van der Waals surface area contributed by atoms with Crippen LogP contribution in [0, 0.1) is 0 Å². The number of esters is 1. The quantitative estimate of drug-likeness (QED) is 0.314. The molecule has 0 aromatic carbocycles. The number of aliphatic hydroxyl groups is 1. The summed E-state index contributed by atoms with van der Waals surface area (Å²) in [5.74, 6) is -0.453. The molecule has 9 nitrogen and oxygen atoms in total. The molecule has 0 saturated carbocycles. The highest BCUT2D eigenvalue weighted by Crippen LogP contribution is 2.28. The van der Waals surface area contributed by atoms with E-state index in [0.717, 1.165) is 0 Å². The molecule has 0 spiro atoms. The van der Waals surface area contributed by atoms with Crippen LogP contribution in [0.1, 0.15) is 12.8 Å². The molecule has 0 unspecified atom stereocenters. The predicted molar refractivity (Wildman–Crippen MR) is 56.0 cm³/mol. The Morgan fingerprint density at radius 2 is 2.00 bits per heavy atom. The van der Waals surface area contributed by atoms with E-state index in [2.05, 4.69) is 4.84 Å². The summed E-state index contributed by atoms with van der Waals surface area (Å²) in [5.41, 5.74) is 0. The van der Waals surface area contributed by atoms with Gasteiger partial charge in [0.1, 0.15) is 18.3 Å². The summed E-state index contributed by atoms with van der Waals surface area (Å²) in [4.78, 5) is 15.8. The second-order valence-corrected chi connectivity index (χ2v) is 4.38. The molecule has 110 valence electrons. The Balaban J connectivity index is 1.66. The van der Waals surface area contributed by atoms with Crippen LogP contribution in [0.3, 0.4) is 0 Å². The van der Waals surface area contributed by atoms with E-state index < -0.39 is 35.8 Å². The number of nitrogens with zero attached hydrogens (tertiary/aromatic N) is 1. The summed E-state index contributed by atoms with van der Waals surface area (Å²) in [5, 5.41) is 25.6. The maximum absolute atomic E-state index is 11.5. The van der Waals surface area contributed by atoms with E-state index in [1.807, 2.05) is 0 Å². The molecule has 2 rings (SSSR count). The summed E-state index contributed by atoms with van der Waals surface area (Å²) >= 11 is 0. The lowest BCUT2D eigenvalue weighted by atomic mass is 10.1. The van der Waals surface area contributed by atoms with Crippen molar-refractivity contribution in [2.24, 2.45) is 0 Å². The Hall–Kier alpha value is -0.810. The van der Waals surface area contributed by atoms with Gasteiger partial charge in [0.05, 0.1) is 25.2 Å². The van der Waals surface area contributed by atoms with Crippen molar-refractivity contribution in [3.63, 3.8) is 0 Å². The van der Waals surface area contributed by atoms with E-state index >= 15 is 0 Å². The molecule has 4 atom stereocenters. The summed E-state index contributed by atoms with van der Waals surface area (Å²) in [6.45, 7) is 0.361. The average Bonchev–Trinajstić information content (AvgIpc) is 2.90. The van der Waals surface area contributed by atoms with Crippen LogP contribution < -0.4 is 0 Å². The van der Waals surface area contributed by atoms with Crippen molar-refractivity contribution in [1.82, 2.24) is 5.39 Å². The lowest BCUT2D eigenvalue weighted by Crippen LogP contribution is -2.34. The SMILES string of the molecule is O=C(CCCON(O)O)O[C@@H]1CO[C@H]2[C@@H]1OC[C@H]2O. The Labute approximate surface area is 109 Å². The van der Waals surface area contributed by atoms with Crippen molar-refractivity contribution < 1.29 is 39.4 Å². The maximum atomic E-state index is 11.5. The fourth-order valence-corrected chi connectivity index (χ4v) is 2.14. The molecule has 3 N–H and O–H groups in total. The molecule has 2 saturated heterocycles. The van der Waals surface area contributed by atoms with Gasteiger partial charge >= 0.3 is 5.97 Å². The van der Waals surface area contributed by atoms with Gasteiger partial charge in [0.15, 0.2) is 6.10 Å². The van der Waals surface area contributed by atoms with Crippen LogP contribution in [0.2, 0.25) is 0 Å². The molecule has 2 aliphatic rings. The van der Waals surface area contributed by atoms with Crippen LogP contribution in [0.15, 0.2) is 0 Å². The molecule has 0 radical (unpaired) electrons. The maximum Gasteiger partial charge on any atom is 0.306 e. The van der Waals surface area contributed by atoms with Crippen LogP contribution in [0.4, 0.5) is 0 Å². The second kappa shape index (κ2) is 6.57. The van der Waals surface area contributed by atoms with Gasteiger partial charge in [0, 0.05) is 6.42 Å². The summed E-state index contributed by atoms with van der Waals surface area (Å²) < 4.78 is 15.8. The summed E-state index contributed by atoms with van der Waals surface area (Å²) in [6, 6.07) is 0. The minimum Gasteiger partial charge on any atom is -0.457 e. The molecule has 9 heteroatoms. The Morgan fingerprint density at radius 1 is 1.26 bits per heavy atom. The number of fused-ring (bicyclic) bond motifs is 1. The zero-order chi connectivity index (χ0) is 13.8. The predicted octanol–water partition coefficient (Wildman–Crippen LogP) is -1.15. The van der Waals surface area contributed by atoms with Crippen molar-refractivity contribution in [3.05, 3.63) is 0 Å². The average molecular weight is 279 g/mol. The summed E-state index contributed by atoms with van der Waals surface area (Å²) in [7, 11) is 0. The van der Waals surface area contributed by atoms with Gasteiger partial charge in [-0.1, -0.05) is 0 Å². The van der Waals surface area contributed by atoms with Crippen molar-refractivity contribution in [2.75, 3.05) is 19.8 Å². The fraction of sp³-hybridized carbons (Fsp3) is 0.900. The topological polar surface area (TPSA) is 118 Å². The molecule has 2 heterocycles. The van der Waals surface area contributed by atoms with Gasteiger partial charge in [-0.2, -0.15) is 0 Å². The first-order chi connectivity index (χ1) is 9.08. The van der Waals surface area contributed by atoms with Gasteiger partial charge in [-0.05, 0) is 6.42 Å². The third-order valence-electron chi connectivity index (χ3n) is 3.00. The van der Waals surface area contributed by atoms with Gasteiger partial charge in [-0.15, -0.1) is 0 Å². The molecule has 2 aliphatic heterocycles. The van der Waals surface area contributed by atoms with Crippen LogP contribution in [0.5, 0.6) is 0 Å². The van der Waals surface area contributed by atoms with Crippen LogP contribution >= 0.6 is 0 Å². The Morgan fingerprint density at radius 3 is 2.74 bits per heavy atom. The van der Waals surface area contributed by atoms with E-state index in [1.54, 1.807) is 0 Å². The number of hydrogen-bond donors (Lipinski definition) is 3. The Bertz CT molecular complexity index is 312. The van der Waals surface area contributed by atoms with Crippen LogP contribution in [-0.4, -0.2) is 71.1 Å². The van der Waals surface area contributed by atoms with Gasteiger partial charge in [0.2, 0.25) is 0 Å². The van der Waals surface area contributed by atoms with Crippen LogP contribution in [0.25, 0.3) is 0 Å². The molecule has 2 fully saturated rings. The molecule has 0 amide bonds. The highest BCUT2D eigenvalue weighted by Gasteiger charge is 2.48. The number of carbonyl (C=O) groups is 1. The summed E-state index contributed by atoms with van der Waals surface area (Å²) in [6.07, 6.45) is -1.68. The number of aliphatic hydroxyl groups excluding tert-OH is 1. The third kappa shape index (κ3) is 3.83. The smallest absolute Gasteiger partial charge is 0.306 e. The van der Waals surface area contributed by atoms with Crippen LogP contribution in [-0.2, 0) is 23.8 Å². The van der Waals surface area contributed by atoms with Crippen molar-refractivity contribution in [1.29, 1.82) is 0 Å². The Kier molecular flexibility index (Phi) is 5.05. The number of rotatable bonds is 6. The third-order valence-corrected chi connectivity index (χ3v) is 3.00.